The van der Waals surface area contributed by atoms with Gasteiger partial charge in [-0.15, -0.1) is 0 Å². The van der Waals surface area contributed by atoms with Crippen molar-refractivity contribution in [1.82, 2.24) is 5.32 Å². The topological polar surface area (TPSA) is 50.4 Å². The first-order valence-electron chi connectivity index (χ1n) is 4.74. The van der Waals surface area contributed by atoms with E-state index in [4.69, 9.17) is 5.73 Å². The van der Waals surface area contributed by atoms with Crippen LogP contribution >= 0.6 is 0 Å². The second-order valence-electron chi connectivity index (χ2n) is 3.46. The number of halogens is 3. The molecule has 1 aromatic rings. The molecule has 1 aliphatic heterocycles. The number of nitrogens with one attached hydrogen (secondary N) is 1. The van der Waals surface area contributed by atoms with Crippen molar-refractivity contribution >= 4 is 11.5 Å². The molecule has 1 heterocycles. The highest BCUT2D eigenvalue weighted by molar-refractivity contribution is 6.04. The van der Waals surface area contributed by atoms with Gasteiger partial charge in [0.2, 0.25) is 0 Å². The van der Waals surface area contributed by atoms with E-state index in [9.17, 15) is 13.2 Å². The highest BCUT2D eigenvalue weighted by Gasteiger charge is 2.31. The van der Waals surface area contributed by atoms with Crippen LogP contribution in [0.2, 0.25) is 0 Å². The van der Waals surface area contributed by atoms with Crippen LogP contribution in [-0.4, -0.2) is 18.9 Å². The zero-order valence-electron chi connectivity index (χ0n) is 8.30. The van der Waals surface area contributed by atoms with E-state index in [2.05, 4.69) is 10.3 Å². The summed E-state index contributed by atoms with van der Waals surface area (Å²) in [6.07, 6.45) is -4.36. The lowest BCUT2D eigenvalue weighted by Gasteiger charge is -2.10. The molecule has 0 aliphatic carbocycles. The lowest BCUT2D eigenvalue weighted by molar-refractivity contribution is -0.137. The molecule has 0 aromatic heterocycles. The molecule has 0 saturated carbocycles. The molecule has 3 N–H and O–H groups in total. The number of benzene rings is 1. The summed E-state index contributed by atoms with van der Waals surface area (Å²) >= 11 is 0. The maximum absolute atomic E-state index is 12.4. The third-order valence-corrected chi connectivity index (χ3v) is 2.31. The predicted octanol–water partition coefficient (Wildman–Crippen LogP) is 1.64. The van der Waals surface area contributed by atoms with Gasteiger partial charge in [0.15, 0.2) is 0 Å². The first-order chi connectivity index (χ1) is 7.48. The zero-order valence-corrected chi connectivity index (χ0v) is 8.30. The SMILES string of the molecule is Nc1cc(C(F)(F)F)ccc1C1=NCCN1. The Morgan fingerprint density at radius 2 is 2.06 bits per heavy atom. The number of hydrogen-bond donors (Lipinski definition) is 2. The van der Waals surface area contributed by atoms with Crippen LogP contribution in [-0.2, 0) is 6.18 Å². The molecular formula is C10H10F3N3. The lowest BCUT2D eigenvalue weighted by Crippen LogP contribution is -2.21. The van der Waals surface area contributed by atoms with Crippen LogP contribution in [0.5, 0.6) is 0 Å². The summed E-state index contributed by atoms with van der Waals surface area (Å²) in [6.45, 7) is 1.31. The van der Waals surface area contributed by atoms with E-state index in [0.717, 1.165) is 12.1 Å². The standard InChI is InChI=1S/C10H10F3N3/c11-10(12,13)6-1-2-7(8(14)5-6)9-15-3-4-16-9/h1-2,5H,3-4,14H2,(H,15,16). The molecule has 0 saturated heterocycles. The first kappa shape index (κ1) is 10.8. The number of nitrogens with zero attached hydrogens (tertiary/aromatic N) is 1. The first-order valence-corrected chi connectivity index (χ1v) is 4.74. The average molecular weight is 229 g/mol. The summed E-state index contributed by atoms with van der Waals surface area (Å²) in [6, 6.07) is 3.28. The van der Waals surface area contributed by atoms with Gasteiger partial charge in [-0.25, -0.2) is 0 Å². The summed E-state index contributed by atoms with van der Waals surface area (Å²) in [7, 11) is 0. The van der Waals surface area contributed by atoms with Crippen LogP contribution in [0.1, 0.15) is 11.1 Å². The minimum atomic E-state index is -4.36. The number of alkyl halides is 3. The molecule has 86 valence electrons. The van der Waals surface area contributed by atoms with Gasteiger partial charge in [0.1, 0.15) is 5.84 Å². The molecule has 2 rings (SSSR count). The monoisotopic (exact) mass is 229 g/mol. The van der Waals surface area contributed by atoms with Crippen LogP contribution in [0.25, 0.3) is 0 Å². The molecule has 6 heteroatoms. The smallest absolute Gasteiger partial charge is 0.398 e. The third kappa shape index (κ3) is 1.95. The van der Waals surface area contributed by atoms with E-state index in [1.807, 2.05) is 0 Å². The van der Waals surface area contributed by atoms with E-state index in [-0.39, 0.29) is 5.69 Å². The molecular weight excluding hydrogens is 219 g/mol. The number of nitrogens with two attached hydrogens (primary N) is 1. The summed E-state index contributed by atoms with van der Waals surface area (Å²) in [5, 5.41) is 2.96. The molecule has 16 heavy (non-hydrogen) atoms. The quantitative estimate of drug-likeness (QED) is 0.719. The van der Waals surface area contributed by atoms with E-state index in [1.54, 1.807) is 0 Å². The van der Waals surface area contributed by atoms with Crippen molar-refractivity contribution in [3.63, 3.8) is 0 Å². The number of amidine groups is 1. The van der Waals surface area contributed by atoms with Crippen LogP contribution in [0.4, 0.5) is 18.9 Å². The largest absolute Gasteiger partial charge is 0.416 e. The number of anilines is 1. The van der Waals surface area contributed by atoms with E-state index in [0.29, 0.717) is 24.5 Å². The summed E-state index contributed by atoms with van der Waals surface area (Å²) in [4.78, 5) is 4.10. The Morgan fingerprint density at radius 1 is 1.31 bits per heavy atom. The fraction of sp³-hybridized carbons (Fsp3) is 0.300. The average Bonchev–Trinajstić information content (AvgIpc) is 2.69. The number of aliphatic imine (C=N–C) groups is 1. The second-order valence-corrected chi connectivity index (χ2v) is 3.46. The molecule has 3 nitrogen and oxygen atoms in total. The Balaban J connectivity index is 2.37. The molecule has 0 amide bonds. The van der Waals surface area contributed by atoms with Gasteiger partial charge < -0.3 is 11.1 Å². The van der Waals surface area contributed by atoms with Gasteiger partial charge in [-0.3, -0.25) is 4.99 Å². The Hall–Kier alpha value is -1.72. The lowest BCUT2D eigenvalue weighted by atomic mass is 10.1. The van der Waals surface area contributed by atoms with Gasteiger partial charge in [0.25, 0.3) is 0 Å². The maximum atomic E-state index is 12.4. The van der Waals surface area contributed by atoms with Gasteiger partial charge in [-0.05, 0) is 18.2 Å². The third-order valence-electron chi connectivity index (χ3n) is 2.31. The van der Waals surface area contributed by atoms with Gasteiger partial charge in [-0.1, -0.05) is 0 Å². The molecule has 1 aliphatic rings. The second kappa shape index (κ2) is 3.70. The Morgan fingerprint density at radius 3 is 2.56 bits per heavy atom. The molecule has 0 radical (unpaired) electrons. The van der Waals surface area contributed by atoms with Gasteiger partial charge in [0, 0.05) is 17.8 Å². The van der Waals surface area contributed by atoms with Crippen LogP contribution in [0.15, 0.2) is 23.2 Å². The summed E-state index contributed by atoms with van der Waals surface area (Å²) < 4.78 is 37.1. The minimum Gasteiger partial charge on any atom is -0.398 e. The van der Waals surface area contributed by atoms with Crippen LogP contribution in [0, 0.1) is 0 Å². The summed E-state index contributed by atoms with van der Waals surface area (Å²) in [5.74, 6) is 0.561. The summed E-state index contributed by atoms with van der Waals surface area (Å²) in [5.41, 5.74) is 5.44. The van der Waals surface area contributed by atoms with Crippen LogP contribution < -0.4 is 11.1 Å². The van der Waals surface area contributed by atoms with E-state index >= 15 is 0 Å². The number of nitrogen functional groups attached to an aromatic ring is 1. The number of rotatable bonds is 1. The molecule has 0 atom stereocenters. The normalized spacial score (nSPS) is 15.8. The molecule has 0 spiro atoms. The maximum Gasteiger partial charge on any atom is 0.416 e. The molecule has 0 bridgehead atoms. The molecule has 0 fully saturated rings. The van der Waals surface area contributed by atoms with Crippen molar-refractivity contribution in [3.05, 3.63) is 29.3 Å². The van der Waals surface area contributed by atoms with Gasteiger partial charge >= 0.3 is 6.18 Å². The van der Waals surface area contributed by atoms with Crippen molar-refractivity contribution in [1.29, 1.82) is 0 Å². The van der Waals surface area contributed by atoms with Gasteiger partial charge in [0.05, 0.1) is 12.1 Å². The Labute approximate surface area is 90.2 Å². The van der Waals surface area contributed by atoms with Crippen molar-refractivity contribution in [2.75, 3.05) is 18.8 Å². The highest BCUT2D eigenvalue weighted by atomic mass is 19.4. The van der Waals surface area contributed by atoms with Crippen molar-refractivity contribution < 1.29 is 13.2 Å². The fourth-order valence-electron chi connectivity index (χ4n) is 1.53. The Kier molecular flexibility index (Phi) is 2.49. The van der Waals surface area contributed by atoms with Crippen molar-refractivity contribution in [2.24, 2.45) is 4.99 Å². The Bertz CT molecular complexity index is 437. The van der Waals surface area contributed by atoms with Gasteiger partial charge in [-0.2, -0.15) is 13.2 Å². The van der Waals surface area contributed by atoms with Crippen LogP contribution in [0.3, 0.4) is 0 Å². The predicted molar refractivity (Wildman–Crippen MR) is 55.3 cm³/mol. The van der Waals surface area contributed by atoms with E-state index < -0.39 is 11.7 Å². The van der Waals surface area contributed by atoms with E-state index in [1.165, 1.54) is 6.07 Å². The molecule has 0 unspecified atom stereocenters. The number of hydrogen-bond acceptors (Lipinski definition) is 3. The van der Waals surface area contributed by atoms with Crippen molar-refractivity contribution in [2.45, 2.75) is 6.18 Å². The zero-order chi connectivity index (χ0) is 11.8. The minimum absolute atomic E-state index is 0.0861. The highest BCUT2D eigenvalue weighted by Crippen LogP contribution is 2.31. The molecule has 1 aromatic carbocycles. The van der Waals surface area contributed by atoms with Crippen molar-refractivity contribution in [3.8, 4) is 0 Å². The fourth-order valence-corrected chi connectivity index (χ4v) is 1.53.